The van der Waals surface area contributed by atoms with E-state index in [9.17, 15) is 4.79 Å². The largest absolute Gasteiger partial charge is 0.379 e. The molecular formula is C12H22N2O2. The molecule has 92 valence electrons. The van der Waals surface area contributed by atoms with Gasteiger partial charge in [-0.2, -0.15) is 0 Å². The molecule has 2 heterocycles. The summed E-state index contributed by atoms with van der Waals surface area (Å²) in [5.74, 6) is 0.818. The van der Waals surface area contributed by atoms with Crippen molar-refractivity contribution < 1.29 is 9.53 Å². The molecule has 1 atom stereocenters. The van der Waals surface area contributed by atoms with Gasteiger partial charge in [0, 0.05) is 19.7 Å². The molecule has 4 heteroatoms. The highest BCUT2D eigenvalue weighted by Crippen LogP contribution is 2.20. The van der Waals surface area contributed by atoms with Crippen LogP contribution < -0.4 is 5.32 Å². The summed E-state index contributed by atoms with van der Waals surface area (Å²) in [5, 5.41) is 3.04. The van der Waals surface area contributed by atoms with Crippen LogP contribution in [-0.4, -0.2) is 43.3 Å². The van der Waals surface area contributed by atoms with Crippen LogP contribution in [0.2, 0.25) is 0 Å². The van der Waals surface area contributed by atoms with Gasteiger partial charge < -0.3 is 15.0 Å². The Labute approximate surface area is 97.3 Å². The lowest BCUT2D eigenvalue weighted by Gasteiger charge is -2.32. The predicted octanol–water partition coefficient (Wildman–Crippen LogP) is 1.61. The molecule has 2 aliphatic rings. The van der Waals surface area contributed by atoms with E-state index in [1.165, 1.54) is 6.42 Å². The van der Waals surface area contributed by atoms with Gasteiger partial charge in [0.2, 0.25) is 0 Å². The maximum absolute atomic E-state index is 11.9. The van der Waals surface area contributed by atoms with E-state index in [0.717, 1.165) is 44.9 Å². The van der Waals surface area contributed by atoms with Gasteiger partial charge in [-0.1, -0.05) is 13.3 Å². The summed E-state index contributed by atoms with van der Waals surface area (Å²) >= 11 is 0. The standard InChI is InChI=1S/C12H22N2O2/c1-2-10-3-6-14(7-4-10)12(15)13-11-5-8-16-9-11/h10-11H,2-9H2,1H3,(H,13,15). The Bertz CT molecular complexity index is 231. The molecule has 2 fully saturated rings. The molecule has 0 aromatic rings. The zero-order valence-electron chi connectivity index (χ0n) is 10.1. The zero-order chi connectivity index (χ0) is 11.4. The van der Waals surface area contributed by atoms with Crippen LogP contribution in [-0.2, 0) is 4.74 Å². The Morgan fingerprint density at radius 1 is 1.38 bits per heavy atom. The van der Waals surface area contributed by atoms with Crippen molar-refractivity contribution in [2.75, 3.05) is 26.3 Å². The maximum atomic E-state index is 11.9. The molecule has 0 radical (unpaired) electrons. The minimum Gasteiger partial charge on any atom is -0.379 e. The smallest absolute Gasteiger partial charge is 0.317 e. The van der Waals surface area contributed by atoms with Crippen molar-refractivity contribution in [2.24, 2.45) is 5.92 Å². The molecule has 2 aliphatic heterocycles. The number of urea groups is 1. The zero-order valence-corrected chi connectivity index (χ0v) is 10.1. The summed E-state index contributed by atoms with van der Waals surface area (Å²) < 4.78 is 5.25. The maximum Gasteiger partial charge on any atom is 0.317 e. The Balaban J connectivity index is 1.73. The van der Waals surface area contributed by atoms with E-state index >= 15 is 0 Å². The Hall–Kier alpha value is -0.770. The summed E-state index contributed by atoms with van der Waals surface area (Å²) in [5.41, 5.74) is 0. The molecule has 2 rings (SSSR count). The van der Waals surface area contributed by atoms with E-state index in [0.29, 0.717) is 6.61 Å². The van der Waals surface area contributed by atoms with E-state index < -0.39 is 0 Å². The van der Waals surface area contributed by atoms with Gasteiger partial charge in [-0.25, -0.2) is 4.79 Å². The quantitative estimate of drug-likeness (QED) is 0.777. The first-order chi connectivity index (χ1) is 7.79. The molecule has 2 saturated heterocycles. The molecule has 2 amide bonds. The van der Waals surface area contributed by atoms with Gasteiger partial charge in [0.15, 0.2) is 0 Å². The fourth-order valence-electron chi connectivity index (χ4n) is 2.46. The first kappa shape index (κ1) is 11.7. The van der Waals surface area contributed by atoms with E-state index in [2.05, 4.69) is 12.2 Å². The van der Waals surface area contributed by atoms with Crippen molar-refractivity contribution >= 4 is 6.03 Å². The molecule has 0 aromatic carbocycles. The molecular weight excluding hydrogens is 204 g/mol. The van der Waals surface area contributed by atoms with E-state index in [-0.39, 0.29) is 12.1 Å². The van der Waals surface area contributed by atoms with Crippen molar-refractivity contribution in [1.29, 1.82) is 0 Å². The van der Waals surface area contributed by atoms with Crippen LogP contribution in [0.5, 0.6) is 0 Å². The molecule has 1 N–H and O–H groups in total. The van der Waals surface area contributed by atoms with E-state index in [1.807, 2.05) is 4.90 Å². The average Bonchev–Trinajstić information content (AvgIpc) is 2.82. The highest BCUT2D eigenvalue weighted by Gasteiger charge is 2.24. The van der Waals surface area contributed by atoms with Crippen LogP contribution >= 0.6 is 0 Å². The molecule has 0 aromatic heterocycles. The van der Waals surface area contributed by atoms with Crippen molar-refractivity contribution in [3.8, 4) is 0 Å². The fraction of sp³-hybridized carbons (Fsp3) is 0.917. The van der Waals surface area contributed by atoms with Gasteiger partial charge >= 0.3 is 6.03 Å². The highest BCUT2D eigenvalue weighted by molar-refractivity contribution is 5.74. The van der Waals surface area contributed by atoms with Gasteiger partial charge in [0.1, 0.15) is 0 Å². The Kier molecular flexibility index (Phi) is 4.04. The lowest BCUT2D eigenvalue weighted by molar-refractivity contribution is 0.160. The number of piperidine rings is 1. The van der Waals surface area contributed by atoms with Crippen LogP contribution in [0.4, 0.5) is 4.79 Å². The first-order valence-corrected chi connectivity index (χ1v) is 6.42. The number of hydrogen-bond donors (Lipinski definition) is 1. The normalized spacial score (nSPS) is 27.1. The summed E-state index contributed by atoms with van der Waals surface area (Å²) in [6, 6.07) is 0.335. The third-order valence-corrected chi connectivity index (χ3v) is 3.74. The van der Waals surface area contributed by atoms with Crippen LogP contribution in [0.1, 0.15) is 32.6 Å². The number of hydrogen-bond acceptors (Lipinski definition) is 2. The van der Waals surface area contributed by atoms with Crippen molar-refractivity contribution in [3.63, 3.8) is 0 Å². The second-order valence-corrected chi connectivity index (χ2v) is 4.85. The van der Waals surface area contributed by atoms with Crippen LogP contribution in [0.15, 0.2) is 0 Å². The summed E-state index contributed by atoms with van der Waals surface area (Å²) in [7, 11) is 0. The third kappa shape index (κ3) is 2.88. The molecule has 4 nitrogen and oxygen atoms in total. The second kappa shape index (κ2) is 5.53. The molecule has 0 spiro atoms. The van der Waals surface area contributed by atoms with Crippen LogP contribution in [0.25, 0.3) is 0 Å². The third-order valence-electron chi connectivity index (χ3n) is 3.74. The number of nitrogens with one attached hydrogen (secondary N) is 1. The summed E-state index contributed by atoms with van der Waals surface area (Å²) in [6.45, 7) is 5.52. The number of rotatable bonds is 2. The molecule has 0 saturated carbocycles. The first-order valence-electron chi connectivity index (χ1n) is 6.42. The predicted molar refractivity (Wildman–Crippen MR) is 62.3 cm³/mol. The molecule has 16 heavy (non-hydrogen) atoms. The number of nitrogens with zero attached hydrogens (tertiary/aromatic N) is 1. The monoisotopic (exact) mass is 226 g/mol. The van der Waals surface area contributed by atoms with Gasteiger partial charge in [-0.15, -0.1) is 0 Å². The van der Waals surface area contributed by atoms with E-state index in [4.69, 9.17) is 4.74 Å². The number of carbonyl (C=O) groups excluding carboxylic acids is 1. The lowest BCUT2D eigenvalue weighted by Crippen LogP contribution is -2.48. The van der Waals surface area contributed by atoms with Crippen molar-refractivity contribution in [3.05, 3.63) is 0 Å². The molecule has 0 bridgehead atoms. The summed E-state index contributed by atoms with van der Waals surface area (Å²) in [6.07, 6.45) is 4.51. The Morgan fingerprint density at radius 2 is 2.12 bits per heavy atom. The van der Waals surface area contributed by atoms with Gasteiger partial charge in [-0.05, 0) is 25.2 Å². The Morgan fingerprint density at radius 3 is 2.69 bits per heavy atom. The average molecular weight is 226 g/mol. The van der Waals surface area contributed by atoms with Gasteiger partial charge in [-0.3, -0.25) is 0 Å². The number of likely N-dealkylation sites (tertiary alicyclic amines) is 1. The SMILES string of the molecule is CCC1CCN(C(=O)NC2CCOC2)CC1. The second-order valence-electron chi connectivity index (χ2n) is 4.85. The molecule has 0 aliphatic carbocycles. The van der Waals surface area contributed by atoms with Gasteiger partial charge in [0.05, 0.1) is 12.6 Å². The molecule has 1 unspecified atom stereocenters. The number of ether oxygens (including phenoxy) is 1. The fourth-order valence-corrected chi connectivity index (χ4v) is 2.46. The van der Waals surface area contributed by atoms with Crippen molar-refractivity contribution in [2.45, 2.75) is 38.6 Å². The lowest BCUT2D eigenvalue weighted by atomic mass is 9.95. The topological polar surface area (TPSA) is 41.6 Å². The van der Waals surface area contributed by atoms with Gasteiger partial charge in [0.25, 0.3) is 0 Å². The van der Waals surface area contributed by atoms with Crippen LogP contribution in [0, 0.1) is 5.92 Å². The number of carbonyl (C=O) groups is 1. The minimum absolute atomic E-state index is 0.102. The van der Waals surface area contributed by atoms with Crippen molar-refractivity contribution in [1.82, 2.24) is 10.2 Å². The number of amides is 2. The van der Waals surface area contributed by atoms with E-state index in [1.54, 1.807) is 0 Å². The minimum atomic E-state index is 0.102. The highest BCUT2D eigenvalue weighted by atomic mass is 16.5. The van der Waals surface area contributed by atoms with Crippen LogP contribution in [0.3, 0.4) is 0 Å². The summed E-state index contributed by atoms with van der Waals surface area (Å²) in [4.78, 5) is 13.9.